The Bertz CT molecular complexity index is 709. The van der Waals surface area contributed by atoms with Crippen LogP contribution in [0.3, 0.4) is 0 Å². The van der Waals surface area contributed by atoms with Gasteiger partial charge in [0.1, 0.15) is 0 Å². The highest BCUT2D eigenvalue weighted by Crippen LogP contribution is 2.43. The Morgan fingerprint density at radius 2 is 1.92 bits per heavy atom. The van der Waals surface area contributed by atoms with Crippen molar-refractivity contribution in [3.8, 4) is 0 Å². The maximum absolute atomic E-state index is 12.5. The third kappa shape index (κ3) is 4.28. The van der Waals surface area contributed by atoms with E-state index in [4.69, 9.17) is 0 Å². The van der Waals surface area contributed by atoms with Crippen LogP contribution >= 0.6 is 11.3 Å². The largest absolute Gasteiger partial charge is 0.355 e. The summed E-state index contributed by atoms with van der Waals surface area (Å²) in [6.45, 7) is 2.14. The van der Waals surface area contributed by atoms with Crippen LogP contribution in [-0.2, 0) is 15.0 Å². The Labute approximate surface area is 152 Å². The van der Waals surface area contributed by atoms with Crippen molar-refractivity contribution in [2.75, 3.05) is 6.54 Å². The van der Waals surface area contributed by atoms with Gasteiger partial charge in [-0.1, -0.05) is 42.8 Å². The fourth-order valence-corrected chi connectivity index (χ4v) is 4.22. The van der Waals surface area contributed by atoms with Crippen LogP contribution in [0.25, 0.3) is 0 Å². The van der Waals surface area contributed by atoms with Crippen molar-refractivity contribution in [2.45, 2.75) is 44.1 Å². The van der Waals surface area contributed by atoms with Gasteiger partial charge in [0.05, 0.1) is 12.5 Å². The van der Waals surface area contributed by atoms with Crippen LogP contribution < -0.4 is 10.6 Å². The van der Waals surface area contributed by atoms with Crippen molar-refractivity contribution in [1.82, 2.24) is 10.6 Å². The van der Waals surface area contributed by atoms with E-state index >= 15 is 0 Å². The number of carbonyl (C=O) groups is 2. The average molecular weight is 356 g/mol. The molecule has 1 heterocycles. The van der Waals surface area contributed by atoms with Gasteiger partial charge in [-0.2, -0.15) is 0 Å². The van der Waals surface area contributed by atoms with Crippen LogP contribution in [0, 0.1) is 0 Å². The topological polar surface area (TPSA) is 58.2 Å². The number of nitrogens with one attached hydrogen (secondary N) is 2. The predicted molar refractivity (Wildman–Crippen MR) is 100 cm³/mol. The zero-order valence-electron chi connectivity index (χ0n) is 14.5. The molecule has 0 bridgehead atoms. The summed E-state index contributed by atoms with van der Waals surface area (Å²) in [5.74, 6) is -0.139. The SMILES string of the molecule is CC(=O)NC(CC(=O)NCC1(c2ccccc2)CCC1)c1cccs1. The molecule has 1 atom stereocenters. The Hall–Kier alpha value is -2.14. The number of hydrogen-bond donors (Lipinski definition) is 2. The maximum Gasteiger partial charge on any atom is 0.222 e. The molecule has 1 aliphatic rings. The summed E-state index contributed by atoms with van der Waals surface area (Å²) in [6, 6.07) is 14.1. The molecule has 2 N–H and O–H groups in total. The summed E-state index contributed by atoms with van der Waals surface area (Å²) in [7, 11) is 0. The second-order valence-electron chi connectivity index (χ2n) is 6.75. The summed E-state index contributed by atoms with van der Waals surface area (Å²) in [6.07, 6.45) is 3.69. The van der Waals surface area contributed by atoms with E-state index in [9.17, 15) is 9.59 Å². The number of benzene rings is 1. The molecular weight excluding hydrogens is 332 g/mol. The molecule has 0 spiro atoms. The van der Waals surface area contributed by atoms with Crippen LogP contribution in [0.1, 0.15) is 49.1 Å². The van der Waals surface area contributed by atoms with Gasteiger partial charge in [0, 0.05) is 23.8 Å². The van der Waals surface area contributed by atoms with Crippen molar-refractivity contribution in [2.24, 2.45) is 0 Å². The molecule has 2 amide bonds. The van der Waals surface area contributed by atoms with E-state index in [1.165, 1.54) is 18.9 Å². The lowest BCUT2D eigenvalue weighted by atomic mass is 9.64. The van der Waals surface area contributed by atoms with Gasteiger partial charge in [-0.15, -0.1) is 11.3 Å². The Morgan fingerprint density at radius 1 is 1.16 bits per heavy atom. The minimum Gasteiger partial charge on any atom is -0.355 e. The first kappa shape index (κ1) is 17.7. The van der Waals surface area contributed by atoms with E-state index < -0.39 is 0 Å². The molecule has 0 radical (unpaired) electrons. The first-order chi connectivity index (χ1) is 12.1. The van der Waals surface area contributed by atoms with Crippen LogP contribution in [0.4, 0.5) is 0 Å². The summed E-state index contributed by atoms with van der Waals surface area (Å²) < 4.78 is 0. The van der Waals surface area contributed by atoms with Gasteiger partial charge in [0.2, 0.25) is 11.8 Å². The molecule has 1 aliphatic carbocycles. The second-order valence-corrected chi connectivity index (χ2v) is 7.73. The molecule has 1 saturated carbocycles. The van der Waals surface area contributed by atoms with E-state index in [-0.39, 0.29) is 29.7 Å². The fourth-order valence-electron chi connectivity index (χ4n) is 3.45. The Kier molecular flexibility index (Phi) is 5.53. The van der Waals surface area contributed by atoms with Crippen molar-refractivity contribution < 1.29 is 9.59 Å². The van der Waals surface area contributed by atoms with E-state index in [1.807, 2.05) is 23.6 Å². The van der Waals surface area contributed by atoms with Gasteiger partial charge in [-0.25, -0.2) is 0 Å². The van der Waals surface area contributed by atoms with Crippen molar-refractivity contribution >= 4 is 23.2 Å². The number of thiophene rings is 1. The lowest BCUT2D eigenvalue weighted by Gasteiger charge is -2.42. The van der Waals surface area contributed by atoms with Crippen molar-refractivity contribution in [3.63, 3.8) is 0 Å². The zero-order valence-corrected chi connectivity index (χ0v) is 15.3. The fraction of sp³-hybridized carbons (Fsp3) is 0.400. The molecule has 0 aliphatic heterocycles. The number of carbonyl (C=O) groups excluding carboxylic acids is 2. The van der Waals surface area contributed by atoms with Crippen LogP contribution in [0.2, 0.25) is 0 Å². The summed E-state index contributed by atoms with van der Waals surface area (Å²) in [5.41, 5.74) is 1.38. The molecule has 1 aromatic carbocycles. The van der Waals surface area contributed by atoms with Gasteiger partial charge in [-0.3, -0.25) is 9.59 Å². The quantitative estimate of drug-likeness (QED) is 0.797. The number of hydrogen-bond acceptors (Lipinski definition) is 3. The first-order valence-corrected chi connectivity index (χ1v) is 9.60. The summed E-state index contributed by atoms with van der Waals surface area (Å²) in [5, 5.41) is 7.94. The number of rotatable bonds is 7. The molecular formula is C20H24N2O2S. The van der Waals surface area contributed by atoms with E-state index in [0.717, 1.165) is 17.7 Å². The molecule has 1 unspecified atom stereocenters. The molecule has 4 nitrogen and oxygen atoms in total. The smallest absolute Gasteiger partial charge is 0.222 e. The van der Waals surface area contributed by atoms with E-state index in [2.05, 4.69) is 34.9 Å². The molecule has 2 aromatic rings. The maximum atomic E-state index is 12.5. The Balaban J connectivity index is 1.60. The normalized spacial score (nSPS) is 16.5. The highest BCUT2D eigenvalue weighted by Gasteiger charge is 2.38. The number of amides is 2. The van der Waals surface area contributed by atoms with Gasteiger partial charge >= 0.3 is 0 Å². The van der Waals surface area contributed by atoms with Gasteiger partial charge < -0.3 is 10.6 Å². The molecule has 1 fully saturated rings. The van der Waals surface area contributed by atoms with Gasteiger partial charge in [-0.05, 0) is 29.9 Å². The highest BCUT2D eigenvalue weighted by atomic mass is 32.1. The molecule has 3 rings (SSSR count). The molecule has 1 aromatic heterocycles. The molecule has 5 heteroatoms. The third-order valence-corrected chi connectivity index (χ3v) is 5.96. The van der Waals surface area contributed by atoms with Crippen LogP contribution in [-0.4, -0.2) is 18.4 Å². The van der Waals surface area contributed by atoms with Gasteiger partial charge in [0.25, 0.3) is 0 Å². The molecule has 0 saturated heterocycles. The first-order valence-electron chi connectivity index (χ1n) is 8.72. The van der Waals surface area contributed by atoms with Crippen molar-refractivity contribution in [3.05, 3.63) is 58.3 Å². The lowest BCUT2D eigenvalue weighted by molar-refractivity contribution is -0.123. The summed E-state index contributed by atoms with van der Waals surface area (Å²) in [4.78, 5) is 24.9. The molecule has 132 valence electrons. The van der Waals surface area contributed by atoms with E-state index in [1.54, 1.807) is 11.3 Å². The lowest BCUT2D eigenvalue weighted by Crippen LogP contribution is -2.46. The molecule has 25 heavy (non-hydrogen) atoms. The zero-order chi connectivity index (χ0) is 17.7. The standard InChI is InChI=1S/C20H24N2O2S/c1-15(23)22-17(18-9-5-12-25-18)13-19(24)21-14-20(10-6-11-20)16-7-3-2-4-8-16/h2-5,7-9,12,17H,6,10-11,13-14H2,1H3,(H,21,24)(H,22,23). The van der Waals surface area contributed by atoms with Gasteiger partial charge in [0.15, 0.2) is 0 Å². The van der Waals surface area contributed by atoms with Crippen LogP contribution in [0.15, 0.2) is 47.8 Å². The van der Waals surface area contributed by atoms with Crippen LogP contribution in [0.5, 0.6) is 0 Å². The Morgan fingerprint density at radius 3 is 2.48 bits per heavy atom. The minimum absolute atomic E-state index is 0.0191. The third-order valence-electron chi connectivity index (χ3n) is 4.97. The monoisotopic (exact) mass is 356 g/mol. The summed E-state index contributed by atoms with van der Waals surface area (Å²) >= 11 is 1.56. The van der Waals surface area contributed by atoms with E-state index in [0.29, 0.717) is 6.54 Å². The van der Waals surface area contributed by atoms with Crippen molar-refractivity contribution in [1.29, 1.82) is 0 Å². The second kappa shape index (κ2) is 7.83. The minimum atomic E-state index is -0.258. The predicted octanol–water partition coefficient (Wildman–Crippen LogP) is 3.55. The average Bonchev–Trinajstić information content (AvgIpc) is 3.08. The highest BCUT2D eigenvalue weighted by molar-refractivity contribution is 7.10.